The van der Waals surface area contributed by atoms with Crippen molar-refractivity contribution in [3.63, 3.8) is 0 Å². The molecule has 144 valence electrons. The van der Waals surface area contributed by atoms with Crippen molar-refractivity contribution < 1.29 is 19.0 Å². The van der Waals surface area contributed by atoms with E-state index in [4.69, 9.17) is 14.2 Å². The second-order valence-electron chi connectivity index (χ2n) is 6.18. The quantitative estimate of drug-likeness (QED) is 0.671. The van der Waals surface area contributed by atoms with Crippen molar-refractivity contribution in [1.82, 2.24) is 4.98 Å². The molecule has 2 heterocycles. The Bertz CT molecular complexity index is 1020. The smallest absolute Gasteiger partial charge is 0.275 e. The molecule has 8 heteroatoms. The Morgan fingerprint density at radius 3 is 2.79 bits per heavy atom. The molecule has 0 fully saturated rings. The number of amides is 1. The Labute approximate surface area is 166 Å². The third-order valence-electron chi connectivity index (χ3n) is 4.13. The van der Waals surface area contributed by atoms with Crippen molar-refractivity contribution >= 4 is 33.8 Å². The van der Waals surface area contributed by atoms with E-state index in [1.807, 2.05) is 25.1 Å². The Kier molecular flexibility index (Phi) is 5.03. The number of anilines is 3. The lowest BCUT2D eigenvalue weighted by Gasteiger charge is -2.18. The van der Waals surface area contributed by atoms with Crippen LogP contribution in [0.5, 0.6) is 17.2 Å². The lowest BCUT2D eigenvalue weighted by Crippen LogP contribution is -2.16. The van der Waals surface area contributed by atoms with Gasteiger partial charge >= 0.3 is 0 Å². The van der Waals surface area contributed by atoms with E-state index in [0.717, 1.165) is 11.3 Å². The van der Waals surface area contributed by atoms with Crippen molar-refractivity contribution in [3.8, 4) is 17.2 Å². The molecule has 4 rings (SSSR count). The van der Waals surface area contributed by atoms with Gasteiger partial charge in [-0.1, -0.05) is 6.07 Å². The predicted octanol–water partition coefficient (Wildman–Crippen LogP) is 4.23. The standard InChI is InChI=1S/C20H19N3O4S/c1-12-3-5-16(25-2)14(9-12)22-20-23-15(11-28-20)19(24)21-13-4-6-17-18(10-13)27-8-7-26-17/h3-6,9-11H,7-8H2,1-2H3,(H,21,24)(H,22,23). The maximum absolute atomic E-state index is 12.5. The van der Waals surface area contributed by atoms with Gasteiger partial charge in [0.25, 0.3) is 5.91 Å². The van der Waals surface area contributed by atoms with E-state index in [0.29, 0.717) is 47.0 Å². The molecule has 0 atom stereocenters. The number of aromatic nitrogens is 1. The first-order valence-corrected chi connectivity index (χ1v) is 9.58. The van der Waals surface area contributed by atoms with Gasteiger partial charge in [0.15, 0.2) is 16.6 Å². The van der Waals surface area contributed by atoms with Gasteiger partial charge in [-0.3, -0.25) is 4.79 Å². The minimum atomic E-state index is -0.294. The Hall–Kier alpha value is -3.26. The number of thiazole rings is 1. The number of carbonyl (C=O) groups excluding carboxylic acids is 1. The number of hydrogen-bond donors (Lipinski definition) is 2. The highest BCUT2D eigenvalue weighted by Gasteiger charge is 2.15. The summed E-state index contributed by atoms with van der Waals surface area (Å²) in [6.07, 6.45) is 0. The van der Waals surface area contributed by atoms with Crippen LogP contribution in [0, 0.1) is 6.92 Å². The van der Waals surface area contributed by atoms with E-state index in [2.05, 4.69) is 15.6 Å². The van der Waals surface area contributed by atoms with Gasteiger partial charge < -0.3 is 24.8 Å². The first-order valence-electron chi connectivity index (χ1n) is 8.70. The molecule has 1 aliphatic heterocycles. The number of benzene rings is 2. The zero-order valence-electron chi connectivity index (χ0n) is 15.4. The maximum atomic E-state index is 12.5. The van der Waals surface area contributed by atoms with Crippen LogP contribution in [-0.4, -0.2) is 31.2 Å². The zero-order chi connectivity index (χ0) is 19.5. The van der Waals surface area contributed by atoms with E-state index in [-0.39, 0.29) is 5.91 Å². The van der Waals surface area contributed by atoms with Crippen LogP contribution in [-0.2, 0) is 0 Å². The molecule has 2 aromatic carbocycles. The molecule has 0 bridgehead atoms. The summed E-state index contributed by atoms with van der Waals surface area (Å²) in [5.41, 5.74) is 2.85. The second kappa shape index (κ2) is 7.77. The van der Waals surface area contributed by atoms with Crippen LogP contribution in [0.4, 0.5) is 16.5 Å². The van der Waals surface area contributed by atoms with Gasteiger partial charge in [-0.05, 0) is 36.8 Å². The van der Waals surface area contributed by atoms with Gasteiger partial charge in [0.2, 0.25) is 0 Å². The van der Waals surface area contributed by atoms with Crippen LogP contribution in [0.3, 0.4) is 0 Å². The monoisotopic (exact) mass is 397 g/mol. The largest absolute Gasteiger partial charge is 0.495 e. The molecule has 0 saturated heterocycles. The minimum absolute atomic E-state index is 0.294. The first-order chi connectivity index (χ1) is 13.6. The maximum Gasteiger partial charge on any atom is 0.275 e. The highest BCUT2D eigenvalue weighted by Crippen LogP contribution is 2.33. The van der Waals surface area contributed by atoms with Crippen molar-refractivity contribution in [1.29, 1.82) is 0 Å². The molecule has 0 unspecified atom stereocenters. The molecule has 0 aliphatic carbocycles. The Morgan fingerprint density at radius 2 is 1.96 bits per heavy atom. The molecular formula is C20H19N3O4S. The average Bonchev–Trinajstić information content (AvgIpc) is 3.17. The lowest BCUT2D eigenvalue weighted by molar-refractivity contribution is 0.102. The Morgan fingerprint density at radius 1 is 1.14 bits per heavy atom. The van der Waals surface area contributed by atoms with Crippen LogP contribution >= 0.6 is 11.3 Å². The van der Waals surface area contributed by atoms with Crippen molar-refractivity contribution in [3.05, 3.63) is 53.0 Å². The van der Waals surface area contributed by atoms with Gasteiger partial charge in [-0.2, -0.15) is 0 Å². The summed E-state index contributed by atoms with van der Waals surface area (Å²) in [6.45, 7) is 3.02. The Balaban J connectivity index is 1.47. The summed E-state index contributed by atoms with van der Waals surface area (Å²) < 4.78 is 16.4. The zero-order valence-corrected chi connectivity index (χ0v) is 16.3. The number of nitrogens with one attached hydrogen (secondary N) is 2. The van der Waals surface area contributed by atoms with Gasteiger partial charge in [-0.15, -0.1) is 11.3 Å². The fraction of sp³-hybridized carbons (Fsp3) is 0.200. The summed E-state index contributed by atoms with van der Waals surface area (Å²) in [4.78, 5) is 16.9. The topological polar surface area (TPSA) is 81.7 Å². The van der Waals surface area contributed by atoms with Crippen LogP contribution < -0.4 is 24.8 Å². The van der Waals surface area contributed by atoms with Gasteiger partial charge in [0.05, 0.1) is 12.8 Å². The van der Waals surface area contributed by atoms with Gasteiger partial charge in [0, 0.05) is 17.1 Å². The molecule has 0 radical (unpaired) electrons. The number of fused-ring (bicyclic) bond motifs is 1. The molecule has 7 nitrogen and oxygen atoms in total. The number of carbonyl (C=O) groups is 1. The van der Waals surface area contributed by atoms with E-state index in [9.17, 15) is 4.79 Å². The van der Waals surface area contributed by atoms with E-state index in [1.54, 1.807) is 30.7 Å². The normalized spacial score (nSPS) is 12.4. The first kappa shape index (κ1) is 18.1. The molecule has 0 spiro atoms. The third kappa shape index (κ3) is 3.86. The molecule has 1 aromatic heterocycles. The summed E-state index contributed by atoms with van der Waals surface area (Å²) in [7, 11) is 1.61. The van der Waals surface area contributed by atoms with Crippen molar-refractivity contribution in [2.75, 3.05) is 31.0 Å². The number of aryl methyl sites for hydroxylation is 1. The third-order valence-corrected chi connectivity index (χ3v) is 4.89. The molecule has 3 aromatic rings. The second-order valence-corrected chi connectivity index (χ2v) is 7.04. The van der Waals surface area contributed by atoms with Gasteiger partial charge in [-0.25, -0.2) is 4.98 Å². The number of nitrogens with zero attached hydrogens (tertiary/aromatic N) is 1. The van der Waals surface area contributed by atoms with Crippen LogP contribution in [0.2, 0.25) is 0 Å². The molecule has 0 saturated carbocycles. The molecule has 1 aliphatic rings. The average molecular weight is 397 g/mol. The number of rotatable bonds is 5. The van der Waals surface area contributed by atoms with Crippen molar-refractivity contribution in [2.24, 2.45) is 0 Å². The summed E-state index contributed by atoms with van der Waals surface area (Å²) in [6, 6.07) is 11.1. The highest BCUT2D eigenvalue weighted by atomic mass is 32.1. The number of hydrogen-bond acceptors (Lipinski definition) is 7. The fourth-order valence-electron chi connectivity index (χ4n) is 2.79. The van der Waals surface area contributed by atoms with E-state index >= 15 is 0 Å². The minimum Gasteiger partial charge on any atom is -0.495 e. The van der Waals surface area contributed by atoms with E-state index in [1.165, 1.54) is 11.3 Å². The molecule has 1 amide bonds. The lowest BCUT2D eigenvalue weighted by atomic mass is 10.2. The molecular weight excluding hydrogens is 378 g/mol. The van der Waals surface area contributed by atoms with Gasteiger partial charge in [0.1, 0.15) is 24.7 Å². The fourth-order valence-corrected chi connectivity index (χ4v) is 3.49. The summed E-state index contributed by atoms with van der Waals surface area (Å²) >= 11 is 1.35. The highest BCUT2D eigenvalue weighted by molar-refractivity contribution is 7.14. The predicted molar refractivity (Wildman–Crippen MR) is 109 cm³/mol. The van der Waals surface area contributed by atoms with Crippen LogP contribution in [0.15, 0.2) is 41.8 Å². The van der Waals surface area contributed by atoms with Crippen LogP contribution in [0.1, 0.15) is 16.1 Å². The SMILES string of the molecule is COc1ccc(C)cc1Nc1nc(C(=O)Nc2ccc3c(c2)OCCO3)cs1. The van der Waals surface area contributed by atoms with Crippen LogP contribution in [0.25, 0.3) is 0 Å². The summed E-state index contributed by atoms with van der Waals surface area (Å²) in [5.74, 6) is 1.72. The molecule has 28 heavy (non-hydrogen) atoms. The number of ether oxygens (including phenoxy) is 3. The summed E-state index contributed by atoms with van der Waals surface area (Å²) in [5, 5.41) is 8.36. The molecule has 2 N–H and O–H groups in total. The van der Waals surface area contributed by atoms with Crippen molar-refractivity contribution in [2.45, 2.75) is 6.92 Å². The van der Waals surface area contributed by atoms with E-state index < -0.39 is 0 Å². The number of methoxy groups -OCH3 is 1.